The molecule has 2 saturated carbocycles. The molecule has 0 saturated heterocycles. The van der Waals surface area contributed by atoms with E-state index in [1.807, 2.05) is 12.1 Å². The molecule has 0 spiro atoms. The zero-order chi connectivity index (χ0) is 19.5. The molecule has 3 heteroatoms. The molecule has 0 aromatic heterocycles. The number of fused-ring (bicyclic) bond motifs is 1. The molecule has 0 bridgehead atoms. The average molecular weight is 378 g/mol. The van der Waals surface area contributed by atoms with Crippen LogP contribution in [-0.2, 0) is 4.74 Å². The van der Waals surface area contributed by atoms with Crippen molar-refractivity contribution >= 4 is 0 Å². The minimum Gasteiger partial charge on any atom is -0.378 e. The van der Waals surface area contributed by atoms with Crippen LogP contribution in [0.15, 0.2) is 42.5 Å². The van der Waals surface area contributed by atoms with Crippen LogP contribution in [-0.4, -0.2) is 12.7 Å². The van der Waals surface area contributed by atoms with Gasteiger partial charge in [0.2, 0.25) is 0 Å². The Morgan fingerprint density at radius 2 is 1.68 bits per heavy atom. The normalized spacial score (nSPS) is 27.0. The highest BCUT2D eigenvalue weighted by molar-refractivity contribution is 5.64. The van der Waals surface area contributed by atoms with E-state index in [0.717, 1.165) is 29.6 Å². The van der Waals surface area contributed by atoms with Gasteiger partial charge < -0.3 is 4.74 Å². The van der Waals surface area contributed by atoms with E-state index in [1.54, 1.807) is 6.07 Å². The molecule has 2 fully saturated rings. The second-order valence-electron chi connectivity index (χ2n) is 8.35. The summed E-state index contributed by atoms with van der Waals surface area (Å²) in [5.41, 5.74) is 3.32. The Bertz CT molecular complexity index is 854. The Labute approximate surface area is 167 Å². The van der Waals surface area contributed by atoms with E-state index < -0.39 is 5.82 Å². The standard InChI is InChI=1S/C25H28FNO/c1-2-28-24-12-11-20-13-19(7-8-21(20)14-24)17-3-5-18(6-4-17)22-9-10-23(16-27)25(26)15-22/h3-6,9-10,15,19-21,24H,2,7-8,11-14H2,1H3. The first-order valence-corrected chi connectivity index (χ1v) is 10.6. The van der Waals surface area contributed by atoms with Gasteiger partial charge in [-0.2, -0.15) is 5.26 Å². The van der Waals surface area contributed by atoms with E-state index in [0.29, 0.717) is 12.0 Å². The van der Waals surface area contributed by atoms with Gasteiger partial charge in [0, 0.05) is 6.61 Å². The third-order valence-electron chi connectivity index (χ3n) is 6.77. The van der Waals surface area contributed by atoms with Crippen molar-refractivity contribution in [3.05, 3.63) is 59.4 Å². The van der Waals surface area contributed by atoms with Gasteiger partial charge in [-0.1, -0.05) is 30.3 Å². The average Bonchev–Trinajstić information content (AvgIpc) is 2.73. The molecule has 2 nitrogen and oxygen atoms in total. The quantitative estimate of drug-likeness (QED) is 0.613. The Balaban J connectivity index is 1.42. The minimum atomic E-state index is -0.454. The highest BCUT2D eigenvalue weighted by atomic mass is 19.1. The Hall–Kier alpha value is -2.18. The van der Waals surface area contributed by atoms with Crippen molar-refractivity contribution in [3.8, 4) is 17.2 Å². The fraction of sp³-hybridized carbons (Fsp3) is 0.480. The smallest absolute Gasteiger partial charge is 0.141 e. The summed E-state index contributed by atoms with van der Waals surface area (Å²) in [6.45, 7) is 2.93. The van der Waals surface area contributed by atoms with Gasteiger partial charge in [-0.3, -0.25) is 0 Å². The van der Waals surface area contributed by atoms with Crippen molar-refractivity contribution in [2.75, 3.05) is 6.61 Å². The number of benzene rings is 2. The topological polar surface area (TPSA) is 33.0 Å². The van der Waals surface area contributed by atoms with Crippen LogP contribution in [0.1, 0.15) is 62.5 Å². The molecule has 0 heterocycles. The molecule has 4 rings (SSSR count). The summed E-state index contributed by atoms with van der Waals surface area (Å²) >= 11 is 0. The van der Waals surface area contributed by atoms with Gasteiger partial charge in [0.15, 0.2) is 0 Å². The van der Waals surface area contributed by atoms with Gasteiger partial charge in [0.1, 0.15) is 11.9 Å². The van der Waals surface area contributed by atoms with Gasteiger partial charge in [-0.15, -0.1) is 0 Å². The number of hydrogen-bond donors (Lipinski definition) is 0. The molecule has 2 aromatic rings. The second kappa shape index (κ2) is 8.45. The lowest BCUT2D eigenvalue weighted by Gasteiger charge is -2.42. The molecule has 4 atom stereocenters. The SMILES string of the molecule is CCOC1CCC2CC(c3ccc(-c4ccc(C#N)c(F)c4)cc3)CCC2C1. The van der Waals surface area contributed by atoms with Crippen LogP contribution in [0, 0.1) is 29.0 Å². The summed E-state index contributed by atoms with van der Waals surface area (Å²) < 4.78 is 19.8. The number of nitrogens with zero attached hydrogens (tertiary/aromatic N) is 1. The fourth-order valence-corrected chi connectivity index (χ4v) is 5.27. The molecule has 28 heavy (non-hydrogen) atoms. The second-order valence-corrected chi connectivity index (χ2v) is 8.35. The predicted octanol–water partition coefficient (Wildman–Crippen LogP) is 6.45. The molecule has 146 valence electrons. The maximum Gasteiger partial charge on any atom is 0.141 e. The van der Waals surface area contributed by atoms with E-state index in [-0.39, 0.29) is 5.56 Å². The summed E-state index contributed by atoms with van der Waals surface area (Å²) in [7, 11) is 0. The number of ether oxygens (including phenoxy) is 1. The van der Waals surface area contributed by atoms with Crippen LogP contribution in [0.2, 0.25) is 0 Å². The summed E-state index contributed by atoms with van der Waals surface area (Å²) in [4.78, 5) is 0. The third-order valence-corrected chi connectivity index (χ3v) is 6.77. The molecular formula is C25H28FNO. The van der Waals surface area contributed by atoms with E-state index >= 15 is 0 Å². The van der Waals surface area contributed by atoms with Gasteiger partial charge in [0.05, 0.1) is 11.7 Å². The van der Waals surface area contributed by atoms with E-state index in [1.165, 1.54) is 50.2 Å². The molecule has 2 aliphatic rings. The monoisotopic (exact) mass is 377 g/mol. The van der Waals surface area contributed by atoms with Crippen LogP contribution >= 0.6 is 0 Å². The first kappa shape index (κ1) is 19.2. The van der Waals surface area contributed by atoms with Crippen molar-refractivity contribution in [3.63, 3.8) is 0 Å². The van der Waals surface area contributed by atoms with Gasteiger partial charge in [-0.25, -0.2) is 4.39 Å². The Morgan fingerprint density at radius 1 is 0.964 bits per heavy atom. The lowest BCUT2D eigenvalue weighted by molar-refractivity contribution is -0.00955. The summed E-state index contributed by atoms with van der Waals surface area (Å²) in [6, 6.07) is 15.3. The van der Waals surface area contributed by atoms with Crippen molar-refractivity contribution in [1.82, 2.24) is 0 Å². The molecule has 2 aromatic carbocycles. The first-order chi connectivity index (χ1) is 13.7. The highest BCUT2D eigenvalue weighted by Gasteiger charge is 2.36. The summed E-state index contributed by atoms with van der Waals surface area (Å²) in [6.07, 6.45) is 8.09. The lowest BCUT2D eigenvalue weighted by atomic mass is 9.65. The maximum absolute atomic E-state index is 13.9. The van der Waals surface area contributed by atoms with Gasteiger partial charge in [-0.05, 0) is 92.0 Å². The number of rotatable bonds is 4. The third kappa shape index (κ3) is 3.98. The Morgan fingerprint density at radius 3 is 2.39 bits per heavy atom. The van der Waals surface area contributed by atoms with Crippen LogP contribution in [0.5, 0.6) is 0 Å². The molecular weight excluding hydrogens is 349 g/mol. The summed E-state index contributed by atoms with van der Waals surface area (Å²) in [5.74, 6) is 1.85. The minimum absolute atomic E-state index is 0.0937. The first-order valence-electron chi connectivity index (χ1n) is 10.6. The molecule has 0 amide bonds. The fourth-order valence-electron chi connectivity index (χ4n) is 5.27. The lowest BCUT2D eigenvalue weighted by Crippen LogP contribution is -2.33. The van der Waals surface area contributed by atoms with E-state index in [9.17, 15) is 4.39 Å². The van der Waals surface area contributed by atoms with Crippen LogP contribution in [0.3, 0.4) is 0 Å². The summed E-state index contributed by atoms with van der Waals surface area (Å²) in [5, 5.41) is 8.89. The number of nitriles is 1. The maximum atomic E-state index is 13.9. The highest BCUT2D eigenvalue weighted by Crippen LogP contribution is 2.46. The van der Waals surface area contributed by atoms with Crippen molar-refractivity contribution in [1.29, 1.82) is 5.26 Å². The molecule has 0 N–H and O–H groups in total. The largest absolute Gasteiger partial charge is 0.378 e. The van der Waals surface area contributed by atoms with Crippen LogP contribution in [0.25, 0.3) is 11.1 Å². The zero-order valence-corrected chi connectivity index (χ0v) is 16.5. The van der Waals surface area contributed by atoms with Crippen LogP contribution in [0.4, 0.5) is 4.39 Å². The Kier molecular flexibility index (Phi) is 5.78. The predicted molar refractivity (Wildman–Crippen MR) is 109 cm³/mol. The molecule has 0 aliphatic heterocycles. The van der Waals surface area contributed by atoms with E-state index in [2.05, 4.69) is 31.2 Å². The van der Waals surface area contributed by atoms with Gasteiger partial charge >= 0.3 is 0 Å². The van der Waals surface area contributed by atoms with Crippen molar-refractivity contribution in [2.45, 2.75) is 57.5 Å². The van der Waals surface area contributed by atoms with Gasteiger partial charge in [0.25, 0.3) is 0 Å². The molecule has 0 radical (unpaired) electrons. The van der Waals surface area contributed by atoms with E-state index in [4.69, 9.17) is 10.00 Å². The number of hydrogen-bond acceptors (Lipinski definition) is 2. The number of halogens is 1. The van der Waals surface area contributed by atoms with Crippen LogP contribution < -0.4 is 0 Å². The zero-order valence-electron chi connectivity index (χ0n) is 16.5. The molecule has 4 unspecified atom stereocenters. The van der Waals surface area contributed by atoms with Crippen molar-refractivity contribution in [2.24, 2.45) is 11.8 Å². The molecule has 2 aliphatic carbocycles. The van der Waals surface area contributed by atoms with Crippen molar-refractivity contribution < 1.29 is 9.13 Å².